The zero-order valence-corrected chi connectivity index (χ0v) is 10.8. The average molecular weight is 231 g/mol. The number of piperidine rings is 1. The molecule has 1 aromatic carbocycles. The Morgan fingerprint density at radius 2 is 2.00 bits per heavy atom. The van der Waals surface area contributed by atoms with Crippen molar-refractivity contribution in [1.29, 1.82) is 0 Å². The van der Waals surface area contributed by atoms with Crippen molar-refractivity contribution < 1.29 is 4.74 Å². The molecule has 2 unspecified atom stereocenters. The first kappa shape index (κ1) is 11.1. The Labute approximate surface area is 104 Å². The van der Waals surface area contributed by atoms with E-state index in [2.05, 4.69) is 36.2 Å². The van der Waals surface area contributed by atoms with Crippen LogP contribution in [-0.2, 0) is 5.41 Å². The number of hydrogen-bond acceptors (Lipinski definition) is 2. The highest BCUT2D eigenvalue weighted by Crippen LogP contribution is 2.48. The summed E-state index contributed by atoms with van der Waals surface area (Å²) in [5.41, 5.74) is 1.98. The van der Waals surface area contributed by atoms with Crippen LogP contribution in [0.25, 0.3) is 0 Å². The van der Waals surface area contributed by atoms with Crippen LogP contribution in [0.5, 0.6) is 5.75 Å². The molecule has 2 heteroatoms. The van der Waals surface area contributed by atoms with Gasteiger partial charge in [0, 0.05) is 6.04 Å². The van der Waals surface area contributed by atoms with E-state index in [0.29, 0.717) is 5.41 Å². The second-order valence-electron chi connectivity index (χ2n) is 5.64. The summed E-state index contributed by atoms with van der Waals surface area (Å²) in [5, 5.41) is 0. The van der Waals surface area contributed by atoms with Crippen molar-refractivity contribution in [2.75, 3.05) is 20.7 Å². The number of benzene rings is 1. The first-order valence-electron chi connectivity index (χ1n) is 6.58. The van der Waals surface area contributed by atoms with Crippen molar-refractivity contribution in [1.82, 2.24) is 4.90 Å². The minimum absolute atomic E-state index is 0.462. The molecule has 3 rings (SSSR count). The highest BCUT2D eigenvalue weighted by atomic mass is 16.5. The van der Waals surface area contributed by atoms with E-state index in [0.717, 1.165) is 11.8 Å². The number of ether oxygens (including phenoxy) is 1. The van der Waals surface area contributed by atoms with Crippen LogP contribution in [0.4, 0.5) is 0 Å². The number of hydrogen-bond donors (Lipinski definition) is 0. The number of fused-ring (bicyclic) bond motifs is 2. The third kappa shape index (κ3) is 1.75. The van der Waals surface area contributed by atoms with Crippen LogP contribution >= 0.6 is 0 Å². The number of nitrogens with zero attached hydrogens (tertiary/aromatic N) is 1. The third-order valence-electron chi connectivity index (χ3n) is 4.85. The summed E-state index contributed by atoms with van der Waals surface area (Å²) >= 11 is 0. The Hall–Kier alpha value is -1.02. The fraction of sp³-hybridized carbons (Fsp3) is 0.600. The van der Waals surface area contributed by atoms with Gasteiger partial charge in [0.1, 0.15) is 5.75 Å². The quantitative estimate of drug-likeness (QED) is 0.776. The molecule has 2 bridgehead atoms. The van der Waals surface area contributed by atoms with Gasteiger partial charge in [0.05, 0.1) is 7.11 Å². The van der Waals surface area contributed by atoms with Crippen LogP contribution < -0.4 is 4.74 Å². The van der Waals surface area contributed by atoms with Gasteiger partial charge in [-0.15, -0.1) is 0 Å². The lowest BCUT2D eigenvalue weighted by Crippen LogP contribution is -2.40. The van der Waals surface area contributed by atoms with Gasteiger partial charge in [-0.2, -0.15) is 0 Å². The van der Waals surface area contributed by atoms with Crippen molar-refractivity contribution in [3.63, 3.8) is 0 Å². The zero-order valence-electron chi connectivity index (χ0n) is 10.8. The largest absolute Gasteiger partial charge is 0.497 e. The third-order valence-corrected chi connectivity index (χ3v) is 4.85. The molecule has 1 saturated heterocycles. The number of likely N-dealkylation sites (tertiary alicyclic amines) is 1. The van der Waals surface area contributed by atoms with Crippen LogP contribution in [0.15, 0.2) is 24.3 Å². The Bertz CT molecular complexity index is 400. The molecule has 1 aliphatic heterocycles. The molecule has 0 spiro atoms. The topological polar surface area (TPSA) is 12.5 Å². The monoisotopic (exact) mass is 231 g/mol. The van der Waals surface area contributed by atoms with Crippen LogP contribution in [0.2, 0.25) is 0 Å². The van der Waals surface area contributed by atoms with Crippen molar-refractivity contribution in [3.05, 3.63) is 29.8 Å². The second-order valence-corrected chi connectivity index (χ2v) is 5.64. The van der Waals surface area contributed by atoms with E-state index in [-0.39, 0.29) is 0 Å². The van der Waals surface area contributed by atoms with Crippen LogP contribution in [-0.4, -0.2) is 31.6 Å². The van der Waals surface area contributed by atoms with Gasteiger partial charge in [-0.25, -0.2) is 0 Å². The molecule has 1 aromatic rings. The van der Waals surface area contributed by atoms with Gasteiger partial charge in [-0.3, -0.25) is 0 Å². The smallest absolute Gasteiger partial charge is 0.118 e. The van der Waals surface area contributed by atoms with E-state index in [1.807, 2.05) is 0 Å². The summed E-state index contributed by atoms with van der Waals surface area (Å²) in [6, 6.07) is 9.57. The first-order valence-corrected chi connectivity index (χ1v) is 6.58. The summed E-state index contributed by atoms with van der Waals surface area (Å²) in [7, 11) is 4.00. The molecular weight excluding hydrogens is 210 g/mol. The van der Waals surface area contributed by atoms with E-state index in [4.69, 9.17) is 4.74 Å². The average Bonchev–Trinajstić information content (AvgIpc) is 2.76. The van der Waals surface area contributed by atoms with Crippen LogP contribution in [0.1, 0.15) is 31.2 Å². The maximum Gasteiger partial charge on any atom is 0.118 e. The van der Waals surface area contributed by atoms with Crippen LogP contribution in [0.3, 0.4) is 0 Å². The summed E-state index contributed by atoms with van der Waals surface area (Å²) in [6.45, 7) is 1.25. The minimum Gasteiger partial charge on any atom is -0.497 e. The van der Waals surface area contributed by atoms with E-state index < -0.39 is 0 Å². The van der Waals surface area contributed by atoms with Gasteiger partial charge < -0.3 is 9.64 Å². The van der Waals surface area contributed by atoms with Crippen molar-refractivity contribution in [2.45, 2.75) is 37.1 Å². The van der Waals surface area contributed by atoms with Gasteiger partial charge in [-0.05, 0) is 62.4 Å². The molecule has 92 valence electrons. The Balaban J connectivity index is 1.88. The number of rotatable bonds is 2. The molecule has 1 aliphatic carbocycles. The fourth-order valence-electron chi connectivity index (χ4n) is 3.63. The zero-order chi connectivity index (χ0) is 11.9. The molecule has 0 amide bonds. The van der Waals surface area contributed by atoms with Gasteiger partial charge in [0.15, 0.2) is 0 Å². The maximum atomic E-state index is 5.24. The van der Waals surface area contributed by atoms with Gasteiger partial charge in [0.25, 0.3) is 0 Å². The summed E-state index contributed by atoms with van der Waals surface area (Å²) in [6.07, 6.45) is 5.37. The molecule has 17 heavy (non-hydrogen) atoms. The van der Waals surface area contributed by atoms with Crippen molar-refractivity contribution >= 4 is 0 Å². The van der Waals surface area contributed by atoms with E-state index >= 15 is 0 Å². The van der Waals surface area contributed by atoms with E-state index in [1.165, 1.54) is 37.8 Å². The normalized spacial score (nSPS) is 32.7. The molecule has 2 fully saturated rings. The summed E-state index contributed by atoms with van der Waals surface area (Å²) in [5.74, 6) is 0.965. The molecule has 0 radical (unpaired) electrons. The van der Waals surface area contributed by atoms with Crippen molar-refractivity contribution in [3.8, 4) is 5.75 Å². The SMILES string of the molecule is COc1ccc(C23CCC(C2)N(C)CC3)cc1. The Morgan fingerprint density at radius 1 is 1.24 bits per heavy atom. The lowest BCUT2D eigenvalue weighted by atomic mass is 9.74. The standard InChI is InChI=1S/C15H21NO/c1-16-10-9-15(8-7-13(16)11-15)12-3-5-14(17-2)6-4-12/h3-6,13H,7-11H2,1-2H3. The predicted octanol–water partition coefficient (Wildman–Crippen LogP) is 2.82. The van der Waals surface area contributed by atoms with Crippen LogP contribution in [0, 0.1) is 0 Å². The maximum absolute atomic E-state index is 5.24. The fourth-order valence-corrected chi connectivity index (χ4v) is 3.63. The molecule has 1 saturated carbocycles. The number of methoxy groups -OCH3 is 1. The molecule has 0 aromatic heterocycles. The highest BCUT2D eigenvalue weighted by Gasteiger charge is 2.45. The van der Waals surface area contributed by atoms with Gasteiger partial charge in [0.2, 0.25) is 0 Å². The highest BCUT2D eigenvalue weighted by molar-refractivity contribution is 5.34. The first-order chi connectivity index (χ1) is 8.23. The minimum atomic E-state index is 0.462. The predicted molar refractivity (Wildman–Crippen MR) is 69.6 cm³/mol. The van der Waals surface area contributed by atoms with E-state index in [9.17, 15) is 0 Å². The second kappa shape index (κ2) is 4.02. The summed E-state index contributed by atoms with van der Waals surface area (Å²) in [4.78, 5) is 2.54. The van der Waals surface area contributed by atoms with Gasteiger partial charge in [-0.1, -0.05) is 12.1 Å². The molecule has 0 N–H and O–H groups in total. The lowest BCUT2D eigenvalue weighted by Gasteiger charge is -2.38. The molecule has 2 atom stereocenters. The van der Waals surface area contributed by atoms with Crippen molar-refractivity contribution in [2.24, 2.45) is 0 Å². The molecule has 2 nitrogen and oxygen atoms in total. The molecule has 2 aliphatic rings. The lowest BCUT2D eigenvalue weighted by molar-refractivity contribution is 0.174. The Kier molecular flexibility index (Phi) is 2.62. The molecule has 1 heterocycles. The molecular formula is C15H21NO. The summed E-state index contributed by atoms with van der Waals surface area (Å²) < 4.78 is 5.24. The van der Waals surface area contributed by atoms with E-state index in [1.54, 1.807) is 7.11 Å². The Morgan fingerprint density at radius 3 is 2.71 bits per heavy atom. The van der Waals surface area contributed by atoms with Gasteiger partial charge >= 0.3 is 0 Å².